The number of piperidine rings is 1. The predicted molar refractivity (Wildman–Crippen MR) is 113 cm³/mol. The van der Waals surface area contributed by atoms with Crippen LogP contribution in [0.25, 0.3) is 0 Å². The number of nitrogens with zero attached hydrogens (tertiary/aromatic N) is 4. The van der Waals surface area contributed by atoms with Gasteiger partial charge in [-0.2, -0.15) is 9.29 Å². The highest BCUT2D eigenvalue weighted by atomic mass is 32.2. The maximum atomic E-state index is 13.1. The van der Waals surface area contributed by atoms with Gasteiger partial charge in [-0.1, -0.05) is 40.6 Å². The zero-order chi connectivity index (χ0) is 22.9. The van der Waals surface area contributed by atoms with Crippen LogP contribution in [0.5, 0.6) is 0 Å². The molecule has 1 N–H and O–H groups in total. The summed E-state index contributed by atoms with van der Waals surface area (Å²) in [6.45, 7) is 5.37. The highest BCUT2D eigenvalue weighted by molar-refractivity contribution is 7.89. The molecule has 3 heterocycles. The Morgan fingerprint density at radius 1 is 1.09 bits per heavy atom. The fourth-order valence-corrected chi connectivity index (χ4v) is 5.71. The summed E-state index contributed by atoms with van der Waals surface area (Å²) >= 11 is 0. The third kappa shape index (κ3) is 4.30. The first-order valence-electron chi connectivity index (χ1n) is 10.4. The van der Waals surface area contributed by atoms with Gasteiger partial charge in [-0.15, -0.1) is 0 Å². The first-order chi connectivity index (χ1) is 15.3. The smallest absolute Gasteiger partial charge is 0.253 e. The van der Waals surface area contributed by atoms with Crippen molar-refractivity contribution in [3.63, 3.8) is 0 Å². The van der Waals surface area contributed by atoms with Crippen LogP contribution in [0, 0.1) is 26.7 Å². The summed E-state index contributed by atoms with van der Waals surface area (Å²) in [6.07, 6.45) is 0.803. The Labute approximate surface area is 186 Å². The van der Waals surface area contributed by atoms with Crippen LogP contribution in [0.3, 0.4) is 0 Å². The Hall–Kier alpha value is -3.05. The molecule has 11 heteroatoms. The van der Waals surface area contributed by atoms with E-state index in [1.165, 1.54) is 4.31 Å². The number of hydrogen-bond donors (Lipinski definition) is 1. The first-order valence-corrected chi connectivity index (χ1v) is 11.8. The van der Waals surface area contributed by atoms with Crippen LogP contribution < -0.4 is 5.32 Å². The zero-order valence-electron chi connectivity index (χ0n) is 18.1. The molecule has 0 spiro atoms. The molecule has 1 aromatic carbocycles. The van der Waals surface area contributed by atoms with Crippen molar-refractivity contribution in [1.29, 1.82) is 0 Å². The molecule has 1 aliphatic rings. The molecule has 4 rings (SSSR count). The lowest BCUT2D eigenvalue weighted by Gasteiger charge is -2.31. The van der Waals surface area contributed by atoms with Gasteiger partial charge in [0.1, 0.15) is 16.6 Å². The van der Waals surface area contributed by atoms with Crippen LogP contribution in [-0.2, 0) is 14.8 Å². The molecule has 2 aromatic heterocycles. The van der Waals surface area contributed by atoms with Crippen molar-refractivity contribution in [2.24, 2.45) is 5.92 Å². The van der Waals surface area contributed by atoms with Gasteiger partial charge in [0.25, 0.3) is 5.89 Å². The summed E-state index contributed by atoms with van der Waals surface area (Å²) in [5, 5.41) is 10.6. The number of carbonyl (C=O) groups excluding carboxylic acids is 1. The molecule has 1 unspecified atom stereocenters. The second-order valence-electron chi connectivity index (χ2n) is 7.86. The summed E-state index contributed by atoms with van der Waals surface area (Å²) in [5.74, 6) is 0.543. The number of aromatic nitrogens is 3. The Kier molecular flexibility index (Phi) is 6.11. The van der Waals surface area contributed by atoms with Crippen molar-refractivity contribution in [3.8, 4) is 0 Å². The van der Waals surface area contributed by atoms with Crippen molar-refractivity contribution in [3.05, 3.63) is 59.1 Å². The summed E-state index contributed by atoms with van der Waals surface area (Å²) in [4.78, 5) is 17.4. The lowest BCUT2D eigenvalue weighted by atomic mass is 9.96. The van der Waals surface area contributed by atoms with Gasteiger partial charge in [0, 0.05) is 19.0 Å². The Balaban J connectivity index is 1.46. The molecule has 1 atom stereocenters. The number of nitrogens with one attached hydrogen (secondary N) is 1. The lowest BCUT2D eigenvalue weighted by Crippen LogP contribution is -2.44. The molecule has 0 saturated carbocycles. The third-order valence-corrected chi connectivity index (χ3v) is 7.74. The number of sulfonamides is 1. The quantitative estimate of drug-likeness (QED) is 0.594. The second kappa shape index (κ2) is 8.83. The van der Waals surface area contributed by atoms with E-state index in [1.807, 2.05) is 30.3 Å². The first kappa shape index (κ1) is 22.2. The summed E-state index contributed by atoms with van der Waals surface area (Å²) in [7, 11) is -3.72. The van der Waals surface area contributed by atoms with Crippen LogP contribution >= 0.6 is 0 Å². The third-order valence-electron chi connectivity index (χ3n) is 5.60. The monoisotopic (exact) mass is 459 g/mol. The van der Waals surface area contributed by atoms with Crippen molar-refractivity contribution in [2.45, 2.75) is 44.6 Å². The van der Waals surface area contributed by atoms with Crippen LogP contribution in [-0.4, -0.2) is 47.0 Å². The zero-order valence-corrected chi connectivity index (χ0v) is 18.9. The van der Waals surface area contributed by atoms with Gasteiger partial charge in [0.05, 0.1) is 0 Å². The van der Waals surface area contributed by atoms with Crippen LogP contribution in [0.1, 0.15) is 47.6 Å². The molecule has 0 aliphatic carbocycles. The predicted octanol–water partition coefficient (Wildman–Crippen LogP) is 2.29. The molecular weight excluding hydrogens is 434 g/mol. The molecule has 0 bridgehead atoms. The molecule has 1 saturated heterocycles. The molecule has 3 aromatic rings. The SMILES string of the molecule is Cc1noc(C(NC(=O)C2CCN(S(=O)(=O)c3c(C)noc3C)CC2)c2ccccc2)n1. The van der Waals surface area contributed by atoms with Gasteiger partial charge >= 0.3 is 0 Å². The summed E-state index contributed by atoms with van der Waals surface area (Å²) in [5.41, 5.74) is 1.16. The molecule has 10 nitrogen and oxygen atoms in total. The Bertz CT molecular complexity index is 1180. The van der Waals surface area contributed by atoms with Crippen LogP contribution in [0.4, 0.5) is 0 Å². The van der Waals surface area contributed by atoms with Crippen molar-refractivity contribution in [1.82, 2.24) is 24.9 Å². The van der Waals surface area contributed by atoms with E-state index in [2.05, 4.69) is 20.6 Å². The number of amides is 1. The maximum Gasteiger partial charge on any atom is 0.253 e. The van der Waals surface area contributed by atoms with Gasteiger partial charge < -0.3 is 14.4 Å². The Morgan fingerprint density at radius 2 is 1.78 bits per heavy atom. The van der Waals surface area contributed by atoms with E-state index in [9.17, 15) is 13.2 Å². The highest BCUT2D eigenvalue weighted by Gasteiger charge is 2.36. The fourth-order valence-electron chi connectivity index (χ4n) is 3.95. The van der Waals surface area contributed by atoms with Gasteiger partial charge in [0.15, 0.2) is 11.6 Å². The molecule has 1 aliphatic heterocycles. The highest BCUT2D eigenvalue weighted by Crippen LogP contribution is 2.29. The van der Waals surface area contributed by atoms with Crippen molar-refractivity contribution in [2.75, 3.05) is 13.1 Å². The van der Waals surface area contributed by atoms with E-state index in [1.54, 1.807) is 20.8 Å². The van der Waals surface area contributed by atoms with E-state index in [0.29, 0.717) is 30.3 Å². The van der Waals surface area contributed by atoms with E-state index in [-0.39, 0.29) is 35.6 Å². The molecule has 1 amide bonds. The van der Waals surface area contributed by atoms with Gasteiger partial charge in [-0.25, -0.2) is 8.42 Å². The number of aryl methyl sites for hydroxylation is 3. The largest absolute Gasteiger partial charge is 0.360 e. The minimum atomic E-state index is -3.72. The average molecular weight is 460 g/mol. The number of hydrogen-bond acceptors (Lipinski definition) is 8. The maximum absolute atomic E-state index is 13.1. The standard InChI is InChI=1S/C21H25N5O5S/c1-13-19(14(2)30-24-13)32(28,29)26-11-9-17(10-12-26)20(27)23-18(16-7-5-4-6-8-16)21-22-15(3)25-31-21/h4-8,17-18H,9-12H2,1-3H3,(H,23,27). The average Bonchev–Trinajstić information content (AvgIpc) is 3.37. The normalized spacial score (nSPS) is 16.7. The number of rotatable bonds is 6. The summed E-state index contributed by atoms with van der Waals surface area (Å²) < 4.78 is 37.8. The van der Waals surface area contributed by atoms with Crippen molar-refractivity contribution >= 4 is 15.9 Å². The topological polar surface area (TPSA) is 131 Å². The number of benzene rings is 1. The van der Waals surface area contributed by atoms with Gasteiger partial charge in [-0.05, 0) is 39.2 Å². The van der Waals surface area contributed by atoms with Gasteiger partial charge in [0.2, 0.25) is 15.9 Å². The van der Waals surface area contributed by atoms with E-state index in [0.717, 1.165) is 5.56 Å². The second-order valence-corrected chi connectivity index (χ2v) is 9.74. The number of carbonyl (C=O) groups is 1. The molecule has 0 radical (unpaired) electrons. The molecule has 32 heavy (non-hydrogen) atoms. The van der Waals surface area contributed by atoms with Crippen LogP contribution in [0.2, 0.25) is 0 Å². The van der Waals surface area contributed by atoms with E-state index >= 15 is 0 Å². The summed E-state index contributed by atoms with van der Waals surface area (Å²) in [6, 6.07) is 8.81. The molecule has 170 valence electrons. The minimum Gasteiger partial charge on any atom is -0.360 e. The Morgan fingerprint density at radius 3 is 2.34 bits per heavy atom. The van der Waals surface area contributed by atoms with Gasteiger partial charge in [-0.3, -0.25) is 4.79 Å². The van der Waals surface area contributed by atoms with Crippen molar-refractivity contribution < 1.29 is 22.3 Å². The van der Waals surface area contributed by atoms with Crippen LogP contribution in [0.15, 0.2) is 44.3 Å². The lowest BCUT2D eigenvalue weighted by molar-refractivity contribution is -0.126. The minimum absolute atomic E-state index is 0.108. The fraction of sp³-hybridized carbons (Fsp3) is 0.429. The van der Waals surface area contributed by atoms with E-state index < -0.39 is 16.1 Å². The molecular formula is C21H25N5O5S. The van der Waals surface area contributed by atoms with E-state index in [4.69, 9.17) is 9.05 Å². The molecule has 1 fully saturated rings.